The van der Waals surface area contributed by atoms with Gasteiger partial charge in [-0.2, -0.15) is 0 Å². The zero-order chi connectivity index (χ0) is 11.1. The predicted molar refractivity (Wildman–Crippen MR) is 66.9 cm³/mol. The summed E-state index contributed by atoms with van der Waals surface area (Å²) in [6.45, 7) is 4.98. The Hall–Kier alpha value is -1.08. The van der Waals surface area contributed by atoms with Gasteiger partial charge in [-0.3, -0.25) is 0 Å². The fourth-order valence-electron chi connectivity index (χ4n) is 1.95. The fraction of sp³-hybridized carbons (Fsp3) is 0.429. The van der Waals surface area contributed by atoms with Gasteiger partial charge in [-0.25, -0.2) is 0 Å². The molecule has 0 heterocycles. The molecule has 0 aromatic heterocycles. The van der Waals surface area contributed by atoms with Crippen molar-refractivity contribution in [2.75, 3.05) is 6.54 Å². The summed E-state index contributed by atoms with van der Waals surface area (Å²) in [5.74, 6) is 0. The van der Waals surface area contributed by atoms with E-state index in [1.165, 1.54) is 5.56 Å². The van der Waals surface area contributed by atoms with E-state index in [-0.39, 0.29) is 5.41 Å². The molecule has 1 nitrogen and oxygen atoms in total. The van der Waals surface area contributed by atoms with Crippen molar-refractivity contribution in [3.63, 3.8) is 0 Å². The largest absolute Gasteiger partial charge is 0.330 e. The first kappa shape index (κ1) is 12.0. The molecule has 0 saturated heterocycles. The van der Waals surface area contributed by atoms with Gasteiger partial charge in [0, 0.05) is 12.0 Å². The number of hydrogen-bond donors (Lipinski definition) is 1. The van der Waals surface area contributed by atoms with Gasteiger partial charge in [-0.15, -0.1) is 0 Å². The molecule has 0 fully saturated rings. The first-order chi connectivity index (χ1) is 7.29. The van der Waals surface area contributed by atoms with E-state index < -0.39 is 0 Å². The Morgan fingerprint density at radius 3 is 2.40 bits per heavy atom. The van der Waals surface area contributed by atoms with Crippen LogP contribution in [0.15, 0.2) is 42.5 Å². The Labute approximate surface area is 93.0 Å². The van der Waals surface area contributed by atoms with Crippen molar-refractivity contribution in [2.24, 2.45) is 5.73 Å². The summed E-state index contributed by atoms with van der Waals surface area (Å²) in [4.78, 5) is 0. The summed E-state index contributed by atoms with van der Waals surface area (Å²) in [5, 5.41) is 0. The van der Waals surface area contributed by atoms with E-state index in [1.807, 2.05) is 0 Å². The summed E-state index contributed by atoms with van der Waals surface area (Å²) in [6.07, 6.45) is 6.42. The topological polar surface area (TPSA) is 26.0 Å². The highest BCUT2D eigenvalue weighted by Gasteiger charge is 2.26. The molecular formula is C14H21N. The van der Waals surface area contributed by atoms with E-state index >= 15 is 0 Å². The number of allylic oxidation sites excluding steroid dienone is 2. The molecule has 0 bridgehead atoms. The first-order valence-electron chi connectivity index (χ1n) is 5.66. The van der Waals surface area contributed by atoms with Crippen LogP contribution in [0.5, 0.6) is 0 Å². The maximum absolute atomic E-state index is 5.96. The molecule has 1 rings (SSSR count). The monoisotopic (exact) mass is 203 g/mol. The number of benzene rings is 1. The van der Waals surface area contributed by atoms with Crippen molar-refractivity contribution in [3.8, 4) is 0 Å². The van der Waals surface area contributed by atoms with E-state index in [4.69, 9.17) is 5.73 Å². The lowest BCUT2D eigenvalue weighted by Gasteiger charge is -2.31. The van der Waals surface area contributed by atoms with Crippen molar-refractivity contribution in [3.05, 3.63) is 48.0 Å². The van der Waals surface area contributed by atoms with Gasteiger partial charge in [0.25, 0.3) is 0 Å². The highest BCUT2D eigenvalue weighted by Crippen LogP contribution is 2.30. The summed E-state index contributed by atoms with van der Waals surface area (Å²) in [7, 11) is 0. The molecule has 0 radical (unpaired) electrons. The molecule has 0 aliphatic heterocycles. The molecule has 0 amide bonds. The molecule has 1 atom stereocenters. The first-order valence-corrected chi connectivity index (χ1v) is 5.66. The second-order valence-electron chi connectivity index (χ2n) is 3.98. The molecule has 2 N–H and O–H groups in total. The average Bonchev–Trinajstić information content (AvgIpc) is 2.33. The summed E-state index contributed by atoms with van der Waals surface area (Å²) >= 11 is 0. The summed E-state index contributed by atoms with van der Waals surface area (Å²) in [6, 6.07) is 10.6. The lowest BCUT2D eigenvalue weighted by molar-refractivity contribution is 0.426. The molecule has 15 heavy (non-hydrogen) atoms. The van der Waals surface area contributed by atoms with Gasteiger partial charge in [-0.1, -0.05) is 49.4 Å². The van der Waals surface area contributed by atoms with Gasteiger partial charge in [0.2, 0.25) is 0 Å². The maximum atomic E-state index is 5.96. The van der Waals surface area contributed by atoms with Crippen LogP contribution >= 0.6 is 0 Å². The zero-order valence-electron chi connectivity index (χ0n) is 9.74. The molecule has 1 heteroatoms. The Bertz CT molecular complexity index is 296. The third-order valence-electron chi connectivity index (χ3n) is 3.20. The van der Waals surface area contributed by atoms with Crippen LogP contribution in [-0.4, -0.2) is 6.54 Å². The van der Waals surface area contributed by atoms with Gasteiger partial charge < -0.3 is 5.73 Å². The standard InChI is InChI=1S/C14H21N/c1-3-5-11-14(4-2,12-15)13-9-7-6-8-10-13/h3,5-10H,4,11-12,15H2,1-2H3/b5-3+. The number of rotatable bonds is 5. The van der Waals surface area contributed by atoms with Crippen molar-refractivity contribution in [2.45, 2.75) is 32.1 Å². The predicted octanol–water partition coefficient (Wildman–Crippen LogP) is 3.26. The Kier molecular flexibility index (Phi) is 4.57. The van der Waals surface area contributed by atoms with Crippen molar-refractivity contribution >= 4 is 0 Å². The van der Waals surface area contributed by atoms with Crippen molar-refractivity contribution in [1.29, 1.82) is 0 Å². The zero-order valence-corrected chi connectivity index (χ0v) is 9.74. The van der Waals surface area contributed by atoms with Crippen LogP contribution in [0.4, 0.5) is 0 Å². The number of nitrogens with two attached hydrogens (primary N) is 1. The molecule has 0 aliphatic carbocycles. The minimum absolute atomic E-state index is 0.119. The second-order valence-corrected chi connectivity index (χ2v) is 3.98. The van der Waals surface area contributed by atoms with Crippen LogP contribution in [0.3, 0.4) is 0 Å². The maximum Gasteiger partial charge on any atom is 0.0107 e. The normalized spacial score (nSPS) is 15.4. The molecule has 0 saturated carbocycles. The number of hydrogen-bond acceptors (Lipinski definition) is 1. The quantitative estimate of drug-likeness (QED) is 0.730. The smallest absolute Gasteiger partial charge is 0.0107 e. The van der Waals surface area contributed by atoms with E-state index in [2.05, 4.69) is 56.3 Å². The van der Waals surface area contributed by atoms with Crippen LogP contribution in [0, 0.1) is 0 Å². The highest BCUT2D eigenvalue weighted by molar-refractivity contribution is 5.26. The van der Waals surface area contributed by atoms with Gasteiger partial charge in [0.15, 0.2) is 0 Å². The Morgan fingerprint density at radius 1 is 1.27 bits per heavy atom. The fourth-order valence-corrected chi connectivity index (χ4v) is 1.95. The van der Waals surface area contributed by atoms with Crippen LogP contribution in [0.2, 0.25) is 0 Å². The Morgan fingerprint density at radius 2 is 1.93 bits per heavy atom. The third-order valence-corrected chi connectivity index (χ3v) is 3.20. The lowest BCUT2D eigenvalue weighted by atomic mass is 9.75. The summed E-state index contributed by atoms with van der Waals surface area (Å²) in [5.41, 5.74) is 7.43. The molecule has 1 aromatic rings. The third kappa shape index (κ3) is 2.69. The Balaban J connectivity index is 2.99. The summed E-state index contributed by atoms with van der Waals surface area (Å²) < 4.78 is 0. The second kappa shape index (κ2) is 5.72. The average molecular weight is 203 g/mol. The van der Waals surface area contributed by atoms with Crippen LogP contribution in [0.1, 0.15) is 32.3 Å². The van der Waals surface area contributed by atoms with E-state index in [0.717, 1.165) is 12.8 Å². The minimum atomic E-state index is 0.119. The molecule has 1 aromatic carbocycles. The minimum Gasteiger partial charge on any atom is -0.330 e. The van der Waals surface area contributed by atoms with Gasteiger partial charge in [0.05, 0.1) is 0 Å². The SMILES string of the molecule is C/C=C/CC(CC)(CN)c1ccccc1. The van der Waals surface area contributed by atoms with E-state index in [0.29, 0.717) is 6.54 Å². The molecule has 0 aliphatic rings. The molecule has 82 valence electrons. The van der Waals surface area contributed by atoms with Gasteiger partial charge in [0.1, 0.15) is 0 Å². The van der Waals surface area contributed by atoms with Crippen LogP contribution in [0.25, 0.3) is 0 Å². The van der Waals surface area contributed by atoms with Crippen molar-refractivity contribution in [1.82, 2.24) is 0 Å². The van der Waals surface area contributed by atoms with Crippen LogP contribution in [-0.2, 0) is 5.41 Å². The van der Waals surface area contributed by atoms with Gasteiger partial charge in [-0.05, 0) is 25.3 Å². The van der Waals surface area contributed by atoms with E-state index in [1.54, 1.807) is 0 Å². The molecule has 1 unspecified atom stereocenters. The lowest BCUT2D eigenvalue weighted by Crippen LogP contribution is -2.34. The highest BCUT2D eigenvalue weighted by atomic mass is 14.6. The van der Waals surface area contributed by atoms with E-state index in [9.17, 15) is 0 Å². The molecule has 0 spiro atoms. The van der Waals surface area contributed by atoms with Crippen molar-refractivity contribution < 1.29 is 0 Å². The van der Waals surface area contributed by atoms with Gasteiger partial charge >= 0.3 is 0 Å². The van der Waals surface area contributed by atoms with Crippen LogP contribution < -0.4 is 5.73 Å². The molecular weight excluding hydrogens is 182 g/mol.